The lowest BCUT2D eigenvalue weighted by Crippen LogP contribution is -2.50. The van der Waals surface area contributed by atoms with E-state index in [4.69, 9.17) is 5.73 Å². The molecule has 0 saturated heterocycles. The van der Waals surface area contributed by atoms with Gasteiger partial charge in [-0.15, -0.1) is 0 Å². The number of nitrogens with zero attached hydrogens (tertiary/aromatic N) is 4. The van der Waals surface area contributed by atoms with Crippen LogP contribution in [-0.4, -0.2) is 31.5 Å². The van der Waals surface area contributed by atoms with Crippen LogP contribution in [-0.2, 0) is 4.79 Å². The van der Waals surface area contributed by atoms with Gasteiger partial charge in [0.2, 0.25) is 5.95 Å². The summed E-state index contributed by atoms with van der Waals surface area (Å²) < 4.78 is 0. The Morgan fingerprint density at radius 3 is 2.30 bits per heavy atom. The normalized spacial score (nSPS) is 31.2. The van der Waals surface area contributed by atoms with Gasteiger partial charge in [0.15, 0.2) is 11.0 Å². The zero-order valence-corrected chi connectivity index (χ0v) is 16.0. The van der Waals surface area contributed by atoms with Gasteiger partial charge in [-0.2, -0.15) is 9.97 Å². The van der Waals surface area contributed by atoms with E-state index in [0.29, 0.717) is 22.5 Å². The van der Waals surface area contributed by atoms with Crippen molar-refractivity contribution in [3.63, 3.8) is 0 Å². The molecule has 0 aliphatic heterocycles. The molecule has 2 N–H and O–H groups in total. The minimum atomic E-state index is -0.0751. The van der Waals surface area contributed by atoms with E-state index >= 15 is 0 Å². The first-order valence-corrected chi connectivity index (χ1v) is 10.7. The topological polar surface area (TPSA) is 94.7 Å². The van der Waals surface area contributed by atoms with Crippen molar-refractivity contribution in [1.82, 2.24) is 19.9 Å². The van der Waals surface area contributed by atoms with Gasteiger partial charge in [0.05, 0.1) is 5.75 Å². The van der Waals surface area contributed by atoms with Gasteiger partial charge >= 0.3 is 0 Å². The maximum Gasteiger partial charge on any atom is 0.224 e. The van der Waals surface area contributed by atoms with Crippen LogP contribution >= 0.6 is 11.8 Å². The molecular formula is C20H23N5OS. The zero-order valence-electron chi connectivity index (χ0n) is 15.2. The predicted octanol–water partition coefficient (Wildman–Crippen LogP) is 3.39. The van der Waals surface area contributed by atoms with Crippen molar-refractivity contribution < 1.29 is 4.79 Å². The number of carbonyl (C=O) groups is 1. The van der Waals surface area contributed by atoms with E-state index in [1.165, 1.54) is 31.0 Å². The van der Waals surface area contributed by atoms with Gasteiger partial charge in [-0.1, -0.05) is 11.8 Å². The van der Waals surface area contributed by atoms with Crippen molar-refractivity contribution in [2.45, 2.75) is 43.7 Å². The van der Waals surface area contributed by atoms with Crippen LogP contribution in [0.5, 0.6) is 0 Å². The summed E-state index contributed by atoms with van der Waals surface area (Å²) in [5.41, 5.74) is 6.64. The van der Waals surface area contributed by atoms with Gasteiger partial charge in [0.25, 0.3) is 0 Å². The van der Waals surface area contributed by atoms with Crippen LogP contribution in [0.15, 0.2) is 29.7 Å². The Balaban J connectivity index is 1.32. The Kier molecular flexibility index (Phi) is 4.15. The molecule has 140 valence electrons. The fourth-order valence-corrected chi connectivity index (χ4v) is 6.68. The fourth-order valence-electron chi connectivity index (χ4n) is 5.80. The molecule has 4 aliphatic carbocycles. The Hall–Kier alpha value is -2.02. The molecule has 0 unspecified atom stereocenters. The van der Waals surface area contributed by atoms with Crippen LogP contribution in [0.1, 0.15) is 38.5 Å². The molecule has 0 spiro atoms. The summed E-state index contributed by atoms with van der Waals surface area (Å²) in [5, 5.41) is 0.521. The van der Waals surface area contributed by atoms with Gasteiger partial charge in [0, 0.05) is 23.4 Å². The van der Waals surface area contributed by atoms with Crippen LogP contribution in [0.3, 0.4) is 0 Å². The summed E-state index contributed by atoms with van der Waals surface area (Å²) in [4.78, 5) is 30.1. The Bertz CT molecular complexity index is 837. The van der Waals surface area contributed by atoms with E-state index in [1.807, 2.05) is 12.1 Å². The standard InChI is InChI=1S/C20H23N5OS/c21-18-23-17(15-1-3-22-4-2-15)24-19(25-18)27-11-16(26)20-8-12-5-13(9-20)7-14(6-12)10-20/h1-4,12-14H,5-11H2,(H2,21,23,24,25). The second kappa shape index (κ2) is 6.55. The van der Waals surface area contributed by atoms with Crippen LogP contribution < -0.4 is 5.73 Å². The minimum absolute atomic E-state index is 0.0751. The number of pyridine rings is 1. The second-order valence-corrected chi connectivity index (χ2v) is 9.39. The summed E-state index contributed by atoms with van der Waals surface area (Å²) in [6.45, 7) is 0. The number of anilines is 1. The number of rotatable bonds is 5. The van der Waals surface area contributed by atoms with E-state index in [1.54, 1.807) is 12.4 Å². The third kappa shape index (κ3) is 3.22. The van der Waals surface area contributed by atoms with E-state index in [2.05, 4.69) is 19.9 Å². The van der Waals surface area contributed by atoms with Gasteiger partial charge in [-0.3, -0.25) is 9.78 Å². The zero-order chi connectivity index (χ0) is 18.4. The molecule has 6 rings (SSSR count). The monoisotopic (exact) mass is 381 g/mol. The molecule has 4 fully saturated rings. The predicted molar refractivity (Wildman–Crippen MR) is 104 cm³/mol. The molecule has 2 heterocycles. The first-order chi connectivity index (χ1) is 13.1. The highest BCUT2D eigenvalue weighted by Gasteiger charge is 2.54. The number of nitrogen functional groups attached to an aromatic ring is 1. The third-order valence-electron chi connectivity index (χ3n) is 6.53. The smallest absolute Gasteiger partial charge is 0.224 e. The van der Waals surface area contributed by atoms with Crippen molar-refractivity contribution >= 4 is 23.5 Å². The summed E-state index contributed by atoms with van der Waals surface area (Å²) >= 11 is 1.39. The third-order valence-corrected chi connectivity index (χ3v) is 7.38. The lowest BCUT2D eigenvalue weighted by molar-refractivity contribution is -0.141. The molecule has 27 heavy (non-hydrogen) atoms. The first kappa shape index (κ1) is 17.1. The van der Waals surface area contributed by atoms with Gasteiger partial charge in [0.1, 0.15) is 5.78 Å². The fraction of sp³-hybridized carbons (Fsp3) is 0.550. The van der Waals surface area contributed by atoms with Crippen molar-refractivity contribution in [2.24, 2.45) is 23.2 Å². The van der Waals surface area contributed by atoms with Crippen molar-refractivity contribution in [1.29, 1.82) is 0 Å². The van der Waals surface area contributed by atoms with Crippen LogP contribution in [0.25, 0.3) is 11.4 Å². The lowest BCUT2D eigenvalue weighted by atomic mass is 9.48. The Morgan fingerprint density at radius 1 is 1.04 bits per heavy atom. The molecule has 4 bridgehead atoms. The SMILES string of the molecule is Nc1nc(SCC(=O)C23CC4CC(CC(C4)C2)C3)nc(-c2ccncc2)n1. The van der Waals surface area contributed by atoms with E-state index in [9.17, 15) is 4.79 Å². The summed E-state index contributed by atoms with van der Waals surface area (Å²) in [5.74, 6) is 3.84. The molecule has 4 aliphatic rings. The molecule has 0 amide bonds. The molecule has 0 radical (unpaired) electrons. The van der Waals surface area contributed by atoms with Crippen molar-refractivity contribution in [3.8, 4) is 11.4 Å². The van der Waals surface area contributed by atoms with Gasteiger partial charge in [-0.25, -0.2) is 4.98 Å². The van der Waals surface area contributed by atoms with E-state index < -0.39 is 0 Å². The minimum Gasteiger partial charge on any atom is -0.368 e. The number of ketones is 1. The quantitative estimate of drug-likeness (QED) is 0.793. The molecule has 2 aromatic rings. The van der Waals surface area contributed by atoms with Gasteiger partial charge in [-0.05, 0) is 68.4 Å². The number of hydrogen-bond donors (Lipinski definition) is 1. The molecule has 4 saturated carbocycles. The van der Waals surface area contributed by atoms with Crippen LogP contribution in [0.2, 0.25) is 0 Å². The van der Waals surface area contributed by atoms with Crippen molar-refractivity contribution in [3.05, 3.63) is 24.5 Å². The molecule has 7 heteroatoms. The maximum atomic E-state index is 13.2. The Labute approximate surface area is 162 Å². The summed E-state index contributed by atoms with van der Waals surface area (Å²) in [6, 6.07) is 3.67. The highest BCUT2D eigenvalue weighted by Crippen LogP contribution is 2.60. The van der Waals surface area contributed by atoms with Crippen LogP contribution in [0.4, 0.5) is 5.95 Å². The molecule has 2 aromatic heterocycles. The molecule has 6 nitrogen and oxygen atoms in total. The summed E-state index contributed by atoms with van der Waals surface area (Å²) in [6.07, 6.45) is 10.7. The molecular weight excluding hydrogens is 358 g/mol. The number of carbonyl (C=O) groups excluding carboxylic acids is 1. The van der Waals surface area contributed by atoms with E-state index in [-0.39, 0.29) is 11.4 Å². The largest absolute Gasteiger partial charge is 0.368 e. The number of thioether (sulfide) groups is 1. The highest BCUT2D eigenvalue weighted by atomic mass is 32.2. The van der Waals surface area contributed by atoms with E-state index in [0.717, 1.165) is 42.6 Å². The first-order valence-electron chi connectivity index (χ1n) is 9.68. The number of Topliss-reactive ketones (excluding diaryl/α,β-unsaturated/α-hetero) is 1. The molecule has 0 atom stereocenters. The number of hydrogen-bond acceptors (Lipinski definition) is 7. The van der Waals surface area contributed by atoms with Crippen molar-refractivity contribution in [2.75, 3.05) is 11.5 Å². The summed E-state index contributed by atoms with van der Waals surface area (Å²) in [7, 11) is 0. The van der Waals surface area contributed by atoms with Crippen LogP contribution in [0, 0.1) is 23.2 Å². The van der Waals surface area contributed by atoms with Gasteiger partial charge < -0.3 is 5.73 Å². The lowest BCUT2D eigenvalue weighted by Gasteiger charge is -2.56. The molecule has 0 aromatic carbocycles. The average Bonchev–Trinajstić information content (AvgIpc) is 2.65. The maximum absolute atomic E-state index is 13.2. The second-order valence-electron chi connectivity index (χ2n) is 8.45. The highest BCUT2D eigenvalue weighted by molar-refractivity contribution is 7.99. The number of aromatic nitrogens is 4. The average molecular weight is 382 g/mol. The number of nitrogens with two attached hydrogens (primary N) is 1. The Morgan fingerprint density at radius 2 is 1.67 bits per heavy atom.